The summed E-state index contributed by atoms with van der Waals surface area (Å²) >= 11 is 0. The average molecular weight is 321 g/mol. The summed E-state index contributed by atoms with van der Waals surface area (Å²) in [6.45, 7) is 7.62. The van der Waals surface area contributed by atoms with Gasteiger partial charge in [-0.05, 0) is 50.0 Å². The molecule has 0 aromatic heterocycles. The fourth-order valence-electron chi connectivity index (χ4n) is 2.04. The van der Waals surface area contributed by atoms with E-state index < -0.39 is 0 Å². The number of nitrogens with one attached hydrogen (secondary N) is 1. The molecule has 1 N–H and O–H groups in total. The summed E-state index contributed by atoms with van der Waals surface area (Å²) < 4.78 is 10.7. The van der Waals surface area contributed by atoms with Crippen LogP contribution >= 0.6 is 0 Å². The molecule has 0 amide bonds. The second-order valence-electron chi connectivity index (χ2n) is 5.33. The molecule has 1 rings (SSSR count). The van der Waals surface area contributed by atoms with Crippen LogP contribution in [0.15, 0.2) is 18.2 Å². The van der Waals surface area contributed by atoms with E-state index >= 15 is 0 Å². The molecule has 0 heterocycles. The highest BCUT2D eigenvalue weighted by Crippen LogP contribution is 2.29. The first-order valence-corrected chi connectivity index (χ1v) is 8.35. The second kappa shape index (κ2) is 10.8. The summed E-state index contributed by atoms with van der Waals surface area (Å²) in [5, 5.41) is 3.25. The van der Waals surface area contributed by atoms with Crippen LogP contribution < -0.4 is 14.8 Å². The predicted octanol–water partition coefficient (Wildman–Crippen LogP) is 3.25. The fourth-order valence-corrected chi connectivity index (χ4v) is 2.04. The third kappa shape index (κ3) is 7.28. The van der Waals surface area contributed by atoms with Crippen molar-refractivity contribution in [3.63, 3.8) is 0 Å². The van der Waals surface area contributed by atoms with Crippen LogP contribution in [0.1, 0.15) is 52.0 Å². The van der Waals surface area contributed by atoms with Gasteiger partial charge in [0.2, 0.25) is 0 Å². The average Bonchev–Trinajstić information content (AvgIpc) is 2.50. The summed E-state index contributed by atoms with van der Waals surface area (Å²) in [6, 6.07) is 5.37. The molecule has 0 aliphatic carbocycles. The summed E-state index contributed by atoms with van der Waals surface area (Å²) in [5.74, 6) is -0.00757. The van der Waals surface area contributed by atoms with Crippen molar-refractivity contribution >= 4 is 11.9 Å². The molecular formula is C18H27NO4. The van der Waals surface area contributed by atoms with E-state index in [0.29, 0.717) is 37.2 Å². The smallest absolute Gasteiger partial charge is 0.311 e. The summed E-state index contributed by atoms with van der Waals surface area (Å²) in [4.78, 5) is 23.5. The van der Waals surface area contributed by atoms with E-state index in [-0.39, 0.29) is 11.9 Å². The van der Waals surface area contributed by atoms with Crippen LogP contribution in [0.2, 0.25) is 0 Å². The van der Waals surface area contributed by atoms with E-state index in [9.17, 15) is 9.59 Å². The van der Waals surface area contributed by atoms with Gasteiger partial charge in [-0.1, -0.05) is 26.8 Å². The second-order valence-corrected chi connectivity index (χ2v) is 5.33. The quantitative estimate of drug-likeness (QED) is 0.407. The van der Waals surface area contributed by atoms with Gasteiger partial charge in [-0.3, -0.25) is 9.59 Å². The molecule has 23 heavy (non-hydrogen) atoms. The first kappa shape index (κ1) is 19.2. The Kier molecular flexibility index (Phi) is 8.98. The van der Waals surface area contributed by atoms with Gasteiger partial charge < -0.3 is 14.8 Å². The van der Waals surface area contributed by atoms with Gasteiger partial charge in [0.15, 0.2) is 11.5 Å². The first-order valence-electron chi connectivity index (χ1n) is 8.35. The number of ether oxygens (including phenoxy) is 2. The SMILES string of the molecule is CCCC(=O)Oc1ccc(CCNCC)cc1OC(=O)CCC. The Morgan fingerprint density at radius 2 is 1.57 bits per heavy atom. The van der Waals surface area contributed by atoms with Crippen molar-refractivity contribution in [1.82, 2.24) is 5.32 Å². The van der Waals surface area contributed by atoms with Gasteiger partial charge in [0.25, 0.3) is 0 Å². The Labute approximate surface area is 138 Å². The number of benzene rings is 1. The molecule has 128 valence electrons. The van der Waals surface area contributed by atoms with Crippen molar-refractivity contribution in [1.29, 1.82) is 0 Å². The molecule has 0 aliphatic rings. The molecule has 0 fully saturated rings. The topological polar surface area (TPSA) is 64.6 Å². The number of rotatable bonds is 10. The third-order valence-electron chi connectivity index (χ3n) is 3.20. The number of likely N-dealkylation sites (N-methyl/N-ethyl adjacent to an activating group) is 1. The molecule has 0 saturated heterocycles. The zero-order valence-electron chi connectivity index (χ0n) is 14.3. The van der Waals surface area contributed by atoms with Crippen LogP contribution in [0.5, 0.6) is 11.5 Å². The minimum atomic E-state index is -0.319. The normalized spacial score (nSPS) is 10.4. The molecular weight excluding hydrogens is 294 g/mol. The maximum Gasteiger partial charge on any atom is 0.311 e. The lowest BCUT2D eigenvalue weighted by atomic mass is 10.1. The number of carbonyl (C=O) groups is 2. The van der Waals surface area contributed by atoms with E-state index in [1.54, 1.807) is 12.1 Å². The molecule has 5 nitrogen and oxygen atoms in total. The summed E-state index contributed by atoms with van der Waals surface area (Å²) in [5.41, 5.74) is 1.03. The summed E-state index contributed by atoms with van der Waals surface area (Å²) in [7, 11) is 0. The largest absolute Gasteiger partial charge is 0.423 e. The van der Waals surface area contributed by atoms with Crippen LogP contribution in [-0.4, -0.2) is 25.0 Å². The Balaban J connectivity index is 2.88. The number of carbonyl (C=O) groups excluding carboxylic acids is 2. The van der Waals surface area contributed by atoms with Crippen LogP contribution in [0.3, 0.4) is 0 Å². The number of esters is 2. The predicted molar refractivity (Wildman–Crippen MR) is 89.8 cm³/mol. The van der Waals surface area contributed by atoms with Crippen molar-refractivity contribution < 1.29 is 19.1 Å². The lowest BCUT2D eigenvalue weighted by Gasteiger charge is -2.12. The molecule has 0 spiro atoms. The molecule has 0 atom stereocenters. The van der Waals surface area contributed by atoms with Crippen LogP contribution in [0.25, 0.3) is 0 Å². The Hall–Kier alpha value is -1.88. The third-order valence-corrected chi connectivity index (χ3v) is 3.20. The molecule has 0 radical (unpaired) electrons. The molecule has 1 aromatic carbocycles. The van der Waals surface area contributed by atoms with Gasteiger partial charge in [-0.2, -0.15) is 0 Å². The Morgan fingerprint density at radius 1 is 0.957 bits per heavy atom. The highest BCUT2D eigenvalue weighted by Gasteiger charge is 2.14. The number of hydrogen-bond acceptors (Lipinski definition) is 5. The molecule has 0 bridgehead atoms. The van der Waals surface area contributed by atoms with Crippen LogP contribution in [0, 0.1) is 0 Å². The van der Waals surface area contributed by atoms with E-state index in [0.717, 1.165) is 25.1 Å². The number of hydrogen-bond donors (Lipinski definition) is 1. The van der Waals surface area contributed by atoms with Crippen molar-refractivity contribution in [2.45, 2.75) is 52.9 Å². The minimum Gasteiger partial charge on any atom is -0.423 e. The van der Waals surface area contributed by atoms with E-state index in [2.05, 4.69) is 5.32 Å². The first-order chi connectivity index (χ1) is 11.1. The lowest BCUT2D eigenvalue weighted by molar-refractivity contribution is -0.137. The minimum absolute atomic E-state index is 0.306. The van der Waals surface area contributed by atoms with E-state index in [1.807, 2.05) is 26.8 Å². The Morgan fingerprint density at radius 3 is 2.13 bits per heavy atom. The zero-order valence-corrected chi connectivity index (χ0v) is 14.3. The van der Waals surface area contributed by atoms with Crippen molar-refractivity contribution in [2.24, 2.45) is 0 Å². The monoisotopic (exact) mass is 321 g/mol. The van der Waals surface area contributed by atoms with E-state index in [4.69, 9.17) is 9.47 Å². The Bertz CT molecular complexity index is 514. The maximum absolute atomic E-state index is 11.8. The molecule has 0 aliphatic heterocycles. The zero-order chi connectivity index (χ0) is 17.1. The van der Waals surface area contributed by atoms with Crippen molar-refractivity contribution in [2.75, 3.05) is 13.1 Å². The van der Waals surface area contributed by atoms with Gasteiger partial charge in [-0.15, -0.1) is 0 Å². The van der Waals surface area contributed by atoms with E-state index in [1.165, 1.54) is 0 Å². The van der Waals surface area contributed by atoms with Gasteiger partial charge >= 0.3 is 11.9 Å². The van der Waals surface area contributed by atoms with Crippen LogP contribution in [-0.2, 0) is 16.0 Å². The maximum atomic E-state index is 11.8. The lowest BCUT2D eigenvalue weighted by Crippen LogP contribution is -2.16. The molecule has 0 unspecified atom stereocenters. The highest BCUT2D eigenvalue weighted by molar-refractivity contribution is 5.76. The molecule has 0 saturated carbocycles. The molecule has 1 aromatic rings. The van der Waals surface area contributed by atoms with Crippen molar-refractivity contribution in [3.05, 3.63) is 23.8 Å². The standard InChI is InChI=1S/C18H27NO4/c1-4-7-17(20)22-15-10-9-14(11-12-19-6-3)13-16(15)23-18(21)8-5-2/h9-10,13,19H,4-8,11-12H2,1-3H3. The molecule has 5 heteroatoms. The van der Waals surface area contributed by atoms with Crippen LogP contribution in [0.4, 0.5) is 0 Å². The van der Waals surface area contributed by atoms with Crippen molar-refractivity contribution in [3.8, 4) is 11.5 Å². The summed E-state index contributed by atoms with van der Waals surface area (Å²) in [6.07, 6.45) is 2.91. The van der Waals surface area contributed by atoms with Gasteiger partial charge in [0.1, 0.15) is 0 Å². The van der Waals surface area contributed by atoms with Gasteiger partial charge in [-0.25, -0.2) is 0 Å². The van der Waals surface area contributed by atoms with Gasteiger partial charge in [0.05, 0.1) is 0 Å². The fraction of sp³-hybridized carbons (Fsp3) is 0.556. The van der Waals surface area contributed by atoms with Gasteiger partial charge in [0, 0.05) is 12.8 Å². The highest BCUT2D eigenvalue weighted by atomic mass is 16.6.